The van der Waals surface area contributed by atoms with Crippen LogP contribution in [0.2, 0.25) is 0 Å². The average Bonchev–Trinajstić information content (AvgIpc) is 2.24. The minimum atomic E-state index is -7.82. The maximum absolute atomic E-state index is 13.1. The molecule has 0 unspecified atom stereocenters. The molecule has 0 radical (unpaired) electrons. The first-order chi connectivity index (χ1) is 9.67. The topological polar surface area (TPSA) is 0 Å². The van der Waals surface area contributed by atoms with Crippen molar-refractivity contribution in [3.8, 4) is 0 Å². The van der Waals surface area contributed by atoms with Gasteiger partial charge in [-0.25, -0.2) is 0 Å². The summed E-state index contributed by atoms with van der Waals surface area (Å²) in [5, 5.41) is 0. The minimum Gasteiger partial charge on any atom is -0.200 e. The zero-order valence-electron chi connectivity index (χ0n) is 10.6. The predicted molar refractivity (Wildman–Crippen MR) is 58.9 cm³/mol. The van der Waals surface area contributed by atoms with E-state index in [9.17, 15) is 57.1 Å². The van der Waals surface area contributed by atoms with Crippen LogP contribution in [-0.4, -0.2) is 39.7 Å². The van der Waals surface area contributed by atoms with Crippen LogP contribution in [0.25, 0.3) is 0 Å². The molecule has 0 nitrogen and oxygen atoms in total. The van der Waals surface area contributed by atoms with E-state index in [1.807, 2.05) is 0 Å². The highest BCUT2D eigenvalue weighted by Crippen LogP contribution is 2.60. The van der Waals surface area contributed by atoms with Gasteiger partial charge in [0.15, 0.2) is 0 Å². The molecule has 0 aromatic rings. The van der Waals surface area contributed by atoms with Gasteiger partial charge < -0.3 is 0 Å². The maximum atomic E-state index is 13.1. The molecule has 140 valence electrons. The monoisotopic (exact) mass is 488 g/mol. The van der Waals surface area contributed by atoms with Crippen molar-refractivity contribution in [3.05, 3.63) is 0 Å². The quantitative estimate of drug-likeness (QED) is 0.247. The van der Waals surface area contributed by atoms with E-state index >= 15 is 0 Å². The standard InChI is InChI=1S/C9H6F13I/c1-3(23)2-4(10,11)5(12,13)6(14,15)7(16,17)8(18,19)9(20,21)22/h3H,2H2,1H3/t3-/m0/s1. The summed E-state index contributed by atoms with van der Waals surface area (Å²) in [5.74, 6) is -36.3. The first-order valence-electron chi connectivity index (χ1n) is 5.26. The SMILES string of the molecule is C[C@H](I)CC(F)(F)C(F)(F)C(F)(F)C(F)(F)C(F)(F)C(F)(F)F. The van der Waals surface area contributed by atoms with Crippen molar-refractivity contribution < 1.29 is 57.1 Å². The summed E-state index contributed by atoms with van der Waals surface area (Å²) in [6.45, 7) is 0.769. The Morgan fingerprint density at radius 3 is 1.17 bits per heavy atom. The number of halogens is 14. The summed E-state index contributed by atoms with van der Waals surface area (Å²) in [6.07, 6.45) is -9.54. The summed E-state index contributed by atoms with van der Waals surface area (Å²) in [5.41, 5.74) is 0. The highest BCUT2D eigenvalue weighted by atomic mass is 127. The van der Waals surface area contributed by atoms with Crippen molar-refractivity contribution in [2.75, 3.05) is 0 Å². The Hall–Kier alpha value is -0.180. The van der Waals surface area contributed by atoms with Crippen LogP contribution in [-0.2, 0) is 0 Å². The Bertz CT molecular complexity index is 422. The molecule has 0 N–H and O–H groups in total. The van der Waals surface area contributed by atoms with Gasteiger partial charge in [0, 0.05) is 10.3 Å². The molecule has 0 bridgehead atoms. The van der Waals surface area contributed by atoms with Gasteiger partial charge in [-0.3, -0.25) is 0 Å². The van der Waals surface area contributed by atoms with E-state index in [4.69, 9.17) is 0 Å². The van der Waals surface area contributed by atoms with E-state index in [1.165, 1.54) is 0 Å². The first-order valence-corrected chi connectivity index (χ1v) is 6.51. The number of hydrogen-bond donors (Lipinski definition) is 0. The lowest BCUT2D eigenvalue weighted by Crippen LogP contribution is -2.70. The predicted octanol–water partition coefficient (Wildman–Crippen LogP) is 5.94. The molecule has 0 amide bonds. The van der Waals surface area contributed by atoms with Crippen LogP contribution >= 0.6 is 22.6 Å². The first kappa shape index (κ1) is 22.8. The molecule has 0 heterocycles. The molecular weight excluding hydrogens is 482 g/mol. The van der Waals surface area contributed by atoms with Gasteiger partial charge in [-0.05, 0) is 0 Å². The van der Waals surface area contributed by atoms with Crippen molar-refractivity contribution >= 4 is 22.6 Å². The largest absolute Gasteiger partial charge is 0.460 e. The van der Waals surface area contributed by atoms with Crippen LogP contribution in [0.4, 0.5) is 57.1 Å². The Morgan fingerprint density at radius 2 is 0.913 bits per heavy atom. The number of alkyl halides is 14. The molecule has 1 atom stereocenters. The second-order valence-corrected chi connectivity index (χ2v) is 6.61. The summed E-state index contributed by atoms with van der Waals surface area (Å²) < 4.78 is 163. The lowest BCUT2D eigenvalue weighted by atomic mass is 9.92. The van der Waals surface area contributed by atoms with Crippen molar-refractivity contribution in [2.45, 2.75) is 53.1 Å². The van der Waals surface area contributed by atoms with E-state index in [2.05, 4.69) is 0 Å². The molecule has 14 heteroatoms. The summed E-state index contributed by atoms with van der Waals surface area (Å²) in [4.78, 5) is 0. The third kappa shape index (κ3) is 3.45. The molecular formula is C9H6F13I. The summed E-state index contributed by atoms with van der Waals surface area (Å²) in [6, 6.07) is 0. The molecule has 0 aliphatic heterocycles. The van der Waals surface area contributed by atoms with Crippen LogP contribution in [0.3, 0.4) is 0 Å². The molecule has 23 heavy (non-hydrogen) atoms. The van der Waals surface area contributed by atoms with Crippen LogP contribution < -0.4 is 0 Å². The molecule has 0 saturated carbocycles. The average molecular weight is 488 g/mol. The van der Waals surface area contributed by atoms with Gasteiger partial charge in [0.2, 0.25) is 0 Å². The zero-order chi connectivity index (χ0) is 19.3. The number of rotatable bonds is 6. The van der Waals surface area contributed by atoms with Gasteiger partial charge in [0.1, 0.15) is 0 Å². The third-order valence-electron chi connectivity index (χ3n) is 2.54. The molecule has 0 aliphatic carbocycles. The molecule has 0 spiro atoms. The van der Waals surface area contributed by atoms with Gasteiger partial charge in [0.25, 0.3) is 0 Å². The highest BCUT2D eigenvalue weighted by Gasteiger charge is 2.90. The van der Waals surface area contributed by atoms with E-state index in [1.54, 1.807) is 0 Å². The van der Waals surface area contributed by atoms with Crippen molar-refractivity contribution in [3.63, 3.8) is 0 Å². The molecule has 0 aromatic carbocycles. The van der Waals surface area contributed by atoms with Crippen LogP contribution in [0.1, 0.15) is 13.3 Å². The van der Waals surface area contributed by atoms with E-state index in [0.29, 0.717) is 0 Å². The second kappa shape index (κ2) is 5.97. The molecule has 0 aromatic heterocycles. The fourth-order valence-electron chi connectivity index (χ4n) is 1.28. The van der Waals surface area contributed by atoms with Gasteiger partial charge in [-0.1, -0.05) is 29.5 Å². The Labute approximate surface area is 133 Å². The lowest BCUT2D eigenvalue weighted by Gasteiger charge is -2.40. The fraction of sp³-hybridized carbons (Fsp3) is 1.00. The van der Waals surface area contributed by atoms with Crippen molar-refractivity contribution in [2.24, 2.45) is 0 Å². The molecule has 0 saturated heterocycles. The summed E-state index contributed by atoms with van der Waals surface area (Å²) >= 11 is 1.01. The fourth-order valence-corrected chi connectivity index (χ4v) is 1.84. The molecule has 0 rings (SSSR count). The van der Waals surface area contributed by atoms with Crippen LogP contribution in [0.15, 0.2) is 0 Å². The van der Waals surface area contributed by atoms with Crippen molar-refractivity contribution in [1.29, 1.82) is 0 Å². The van der Waals surface area contributed by atoms with E-state index < -0.39 is 46.1 Å². The molecule has 0 aliphatic rings. The Kier molecular flexibility index (Phi) is 5.92. The Morgan fingerprint density at radius 1 is 0.609 bits per heavy atom. The maximum Gasteiger partial charge on any atom is 0.460 e. The molecule has 0 fully saturated rings. The van der Waals surface area contributed by atoms with Crippen LogP contribution in [0.5, 0.6) is 0 Å². The van der Waals surface area contributed by atoms with Crippen molar-refractivity contribution in [1.82, 2.24) is 0 Å². The number of hydrogen-bond acceptors (Lipinski definition) is 0. The normalized spacial score (nSPS) is 17.3. The smallest absolute Gasteiger partial charge is 0.200 e. The van der Waals surface area contributed by atoms with Crippen LogP contribution in [0, 0.1) is 0 Å². The van der Waals surface area contributed by atoms with E-state index in [0.717, 1.165) is 29.5 Å². The zero-order valence-corrected chi connectivity index (χ0v) is 12.7. The van der Waals surface area contributed by atoms with Gasteiger partial charge in [0.05, 0.1) is 0 Å². The lowest BCUT2D eigenvalue weighted by molar-refractivity contribution is -0.440. The van der Waals surface area contributed by atoms with E-state index in [-0.39, 0.29) is 0 Å². The van der Waals surface area contributed by atoms with Gasteiger partial charge >= 0.3 is 35.8 Å². The highest BCUT2D eigenvalue weighted by molar-refractivity contribution is 14.1. The van der Waals surface area contributed by atoms with Gasteiger partial charge in [-0.15, -0.1) is 0 Å². The second-order valence-electron chi connectivity index (χ2n) is 4.48. The third-order valence-corrected chi connectivity index (χ3v) is 2.98. The summed E-state index contributed by atoms with van der Waals surface area (Å²) in [7, 11) is 0. The minimum absolute atomic E-state index is 0.769. The van der Waals surface area contributed by atoms with Gasteiger partial charge in [-0.2, -0.15) is 57.1 Å². The Balaban J connectivity index is 6.14.